The summed E-state index contributed by atoms with van der Waals surface area (Å²) in [5.41, 5.74) is 0. The van der Waals surface area contributed by atoms with Gasteiger partial charge in [0.05, 0.1) is 38.6 Å². The second kappa shape index (κ2) is 41.5. The molecule has 3 aliphatic heterocycles. The predicted octanol–water partition coefficient (Wildman–Crippen LogP) is 4.48. The number of hydrogen-bond donors (Lipinski definition) is 12. The van der Waals surface area contributed by atoms with Gasteiger partial charge in [-0.3, -0.25) is 4.79 Å². The minimum Gasteiger partial charge on any atom is -0.394 e. The van der Waals surface area contributed by atoms with Crippen LogP contribution in [0.1, 0.15) is 168 Å². The molecule has 77 heavy (non-hydrogen) atoms. The van der Waals surface area contributed by atoms with Crippen molar-refractivity contribution in [2.75, 3.05) is 26.4 Å². The molecule has 0 bridgehead atoms. The largest absolute Gasteiger partial charge is 0.394 e. The molecule has 19 heteroatoms. The van der Waals surface area contributed by atoms with E-state index in [1.807, 2.05) is 13.0 Å². The molecule has 3 fully saturated rings. The first kappa shape index (κ1) is 68.8. The van der Waals surface area contributed by atoms with Crippen LogP contribution < -0.4 is 5.32 Å². The van der Waals surface area contributed by atoms with Crippen molar-refractivity contribution in [3.05, 3.63) is 60.8 Å². The molecule has 1 amide bonds. The van der Waals surface area contributed by atoms with Gasteiger partial charge in [0, 0.05) is 6.42 Å². The van der Waals surface area contributed by atoms with Crippen molar-refractivity contribution in [1.82, 2.24) is 5.32 Å². The Bertz CT molecular complexity index is 1650. The highest BCUT2D eigenvalue weighted by molar-refractivity contribution is 5.76. The molecule has 0 spiro atoms. The van der Waals surface area contributed by atoms with Crippen molar-refractivity contribution in [1.29, 1.82) is 0 Å². The molecule has 0 aromatic carbocycles. The summed E-state index contributed by atoms with van der Waals surface area (Å²) in [5.74, 6) is -0.298. The fourth-order valence-electron chi connectivity index (χ4n) is 9.55. The Morgan fingerprint density at radius 3 is 1.44 bits per heavy atom. The lowest BCUT2D eigenvalue weighted by Gasteiger charge is -2.48. The Balaban J connectivity index is 1.45. The van der Waals surface area contributed by atoms with Gasteiger partial charge in [-0.2, -0.15) is 0 Å². The summed E-state index contributed by atoms with van der Waals surface area (Å²) >= 11 is 0. The van der Waals surface area contributed by atoms with Crippen LogP contribution >= 0.6 is 0 Å². The number of unbranched alkanes of at least 4 members (excludes halogenated alkanes) is 18. The number of rotatable bonds is 41. The van der Waals surface area contributed by atoms with E-state index in [0.717, 1.165) is 57.8 Å². The lowest BCUT2D eigenvalue weighted by atomic mass is 9.96. The van der Waals surface area contributed by atoms with Crippen LogP contribution in [0.15, 0.2) is 60.8 Å². The summed E-state index contributed by atoms with van der Waals surface area (Å²) in [6.45, 7) is 1.42. The van der Waals surface area contributed by atoms with Crippen LogP contribution in [0.4, 0.5) is 0 Å². The maximum Gasteiger partial charge on any atom is 0.220 e. The average molecular weight is 1100 g/mol. The van der Waals surface area contributed by atoms with Gasteiger partial charge < -0.3 is 89.9 Å². The first-order valence-corrected chi connectivity index (χ1v) is 29.0. The van der Waals surface area contributed by atoms with Crippen molar-refractivity contribution in [2.24, 2.45) is 0 Å². The maximum atomic E-state index is 13.3. The number of carbonyl (C=O) groups is 1. The van der Waals surface area contributed by atoms with Crippen molar-refractivity contribution in [2.45, 2.75) is 272 Å². The summed E-state index contributed by atoms with van der Waals surface area (Å²) in [6, 6.07) is -0.996. The Morgan fingerprint density at radius 1 is 0.494 bits per heavy atom. The third kappa shape index (κ3) is 25.9. The molecule has 19 nitrogen and oxygen atoms in total. The lowest BCUT2D eigenvalue weighted by molar-refractivity contribution is -0.379. The molecule has 17 atom stereocenters. The summed E-state index contributed by atoms with van der Waals surface area (Å²) in [5, 5.41) is 120. The van der Waals surface area contributed by atoms with Gasteiger partial charge in [-0.05, 0) is 71.1 Å². The fraction of sp³-hybridized carbons (Fsp3) is 0.810. The van der Waals surface area contributed by atoms with E-state index >= 15 is 0 Å². The van der Waals surface area contributed by atoms with E-state index in [9.17, 15) is 61.0 Å². The first-order chi connectivity index (χ1) is 37.3. The van der Waals surface area contributed by atoms with E-state index in [2.05, 4.69) is 54.8 Å². The summed E-state index contributed by atoms with van der Waals surface area (Å²) in [7, 11) is 0. The highest BCUT2D eigenvalue weighted by Crippen LogP contribution is 2.33. The molecule has 3 rings (SSSR count). The van der Waals surface area contributed by atoms with Gasteiger partial charge in [-0.1, -0.05) is 151 Å². The number of aliphatic hydroxyl groups is 11. The van der Waals surface area contributed by atoms with E-state index in [-0.39, 0.29) is 18.9 Å². The minimum absolute atomic E-state index is 0.227. The van der Waals surface area contributed by atoms with Crippen LogP contribution in [-0.4, -0.2) is 193 Å². The molecule has 0 radical (unpaired) electrons. The van der Waals surface area contributed by atoms with E-state index < -0.39 is 124 Å². The quantitative estimate of drug-likeness (QED) is 0.0297. The molecule has 0 aliphatic carbocycles. The van der Waals surface area contributed by atoms with Crippen molar-refractivity contribution in [3.63, 3.8) is 0 Å². The number of allylic oxidation sites excluding steroid dienone is 9. The zero-order valence-corrected chi connectivity index (χ0v) is 46.2. The molecule has 12 N–H and O–H groups in total. The lowest BCUT2D eigenvalue weighted by Crippen LogP contribution is -2.66. The zero-order valence-electron chi connectivity index (χ0n) is 46.2. The van der Waals surface area contributed by atoms with Crippen LogP contribution in [0.5, 0.6) is 0 Å². The summed E-state index contributed by atoms with van der Waals surface area (Å²) < 4.78 is 34.1. The molecule has 3 aliphatic rings. The van der Waals surface area contributed by atoms with Crippen LogP contribution in [0.2, 0.25) is 0 Å². The maximum absolute atomic E-state index is 13.3. The number of aliphatic hydroxyl groups excluding tert-OH is 11. The highest BCUT2D eigenvalue weighted by Gasteiger charge is 2.53. The van der Waals surface area contributed by atoms with Gasteiger partial charge in [-0.15, -0.1) is 0 Å². The standard InChI is InChI=1S/C58H101NO18/c1-3-5-7-9-11-13-14-15-16-17-18-19-20-21-22-23-24-25-26-28-30-32-34-36-46(64)59-41(42(63)35-33-31-29-27-12-10-8-6-4-2)40-72-56-52(70)49(67)54(44(38-61)74-56)77-58-53(71)50(68)55(45(39-62)75-58)76-57-51(69)48(66)47(65)43(37-60)73-57/h4,6,12,14-15,17-18,27,33,35,41-45,47-58,60-63,65-71H,3,5,7-11,13,16,19-26,28-32,34,36-40H2,1-2H3,(H,59,64)/b6-4+,15-14-,18-17-,27-12+,35-33+. The molecule has 17 unspecified atom stereocenters. The van der Waals surface area contributed by atoms with Crippen LogP contribution in [0.25, 0.3) is 0 Å². The van der Waals surface area contributed by atoms with Crippen molar-refractivity contribution >= 4 is 5.91 Å². The molecule has 0 saturated carbocycles. The highest BCUT2D eigenvalue weighted by atomic mass is 16.8. The second-order valence-corrected chi connectivity index (χ2v) is 20.7. The van der Waals surface area contributed by atoms with Gasteiger partial charge in [0.2, 0.25) is 5.91 Å². The van der Waals surface area contributed by atoms with E-state index in [4.69, 9.17) is 28.4 Å². The molecule has 0 aromatic heterocycles. The second-order valence-electron chi connectivity index (χ2n) is 20.7. The fourth-order valence-corrected chi connectivity index (χ4v) is 9.55. The molecular weight excluding hydrogens is 999 g/mol. The van der Waals surface area contributed by atoms with Gasteiger partial charge in [0.1, 0.15) is 73.2 Å². The molecule has 3 heterocycles. The number of amides is 1. The predicted molar refractivity (Wildman–Crippen MR) is 291 cm³/mol. The molecule has 3 saturated heterocycles. The summed E-state index contributed by atoms with van der Waals surface area (Å²) in [4.78, 5) is 13.3. The van der Waals surface area contributed by atoms with Crippen molar-refractivity contribution < 1.29 is 89.4 Å². The Morgan fingerprint density at radius 2 is 0.922 bits per heavy atom. The number of carbonyl (C=O) groups excluding carboxylic acids is 1. The van der Waals surface area contributed by atoms with Gasteiger partial charge in [0.15, 0.2) is 18.9 Å². The molecular formula is C58H101NO18. The van der Waals surface area contributed by atoms with Gasteiger partial charge >= 0.3 is 0 Å². The SMILES string of the molecule is C/C=C/CC/C=C/CC/C=C/C(O)C(COC1OC(CO)C(OC2OC(CO)C(OC3OC(CO)C(O)C(O)C3O)C(O)C2O)C(O)C1O)NC(=O)CCCCCCCCCCCCC/C=C\C/C=C\CCCCCCC. The average Bonchev–Trinajstić information content (AvgIpc) is 3.43. The Hall–Kier alpha value is -2.51. The third-order valence-corrected chi connectivity index (χ3v) is 14.4. The Kier molecular flexibility index (Phi) is 37.0. The monoisotopic (exact) mass is 1100 g/mol. The third-order valence-electron chi connectivity index (χ3n) is 14.4. The van der Waals surface area contributed by atoms with Gasteiger partial charge in [-0.25, -0.2) is 0 Å². The van der Waals surface area contributed by atoms with Crippen LogP contribution in [-0.2, 0) is 33.2 Å². The van der Waals surface area contributed by atoms with E-state index in [1.54, 1.807) is 12.2 Å². The van der Waals surface area contributed by atoms with Gasteiger partial charge in [0.25, 0.3) is 0 Å². The number of ether oxygens (including phenoxy) is 6. The van der Waals surface area contributed by atoms with Crippen LogP contribution in [0.3, 0.4) is 0 Å². The smallest absolute Gasteiger partial charge is 0.220 e. The van der Waals surface area contributed by atoms with E-state index in [0.29, 0.717) is 12.8 Å². The summed E-state index contributed by atoms with van der Waals surface area (Å²) in [6.07, 6.45) is 19.7. The first-order valence-electron chi connectivity index (χ1n) is 29.0. The minimum atomic E-state index is -1.98. The molecule has 0 aromatic rings. The topological polar surface area (TPSA) is 307 Å². The van der Waals surface area contributed by atoms with Crippen molar-refractivity contribution in [3.8, 4) is 0 Å². The van der Waals surface area contributed by atoms with Crippen LogP contribution in [0, 0.1) is 0 Å². The number of hydrogen-bond acceptors (Lipinski definition) is 18. The molecule has 446 valence electrons. The normalized spacial score (nSPS) is 31.2. The Labute approximate surface area is 458 Å². The number of nitrogens with one attached hydrogen (secondary N) is 1. The van der Waals surface area contributed by atoms with E-state index in [1.165, 1.54) is 77.0 Å². The zero-order chi connectivity index (χ0) is 56.2.